The van der Waals surface area contributed by atoms with Crippen molar-refractivity contribution in [3.8, 4) is 6.07 Å². The van der Waals surface area contributed by atoms with Gasteiger partial charge in [0.1, 0.15) is 0 Å². The Hall–Kier alpha value is -3.87. The normalized spacial score (nSPS) is 15.4. The van der Waals surface area contributed by atoms with Crippen LogP contribution in [0.2, 0.25) is 0 Å². The van der Waals surface area contributed by atoms with Gasteiger partial charge in [0, 0.05) is 28.5 Å². The second-order valence-corrected chi connectivity index (χ2v) is 9.24. The number of thiazole rings is 1. The van der Waals surface area contributed by atoms with E-state index in [2.05, 4.69) is 27.0 Å². The Kier molecular flexibility index (Phi) is 7.42. The molecule has 2 heterocycles. The maximum Gasteiger partial charge on any atom is 0.254 e. The summed E-state index contributed by atoms with van der Waals surface area (Å²) in [5, 5.41) is 21.8. The number of para-hydroxylation sites is 1. The Labute approximate surface area is 205 Å². The number of carbonyl (C=O) groups is 2. The lowest BCUT2D eigenvalue weighted by Gasteiger charge is -2.29. The molecule has 1 aliphatic rings. The second kappa shape index (κ2) is 10.8. The first kappa shape index (κ1) is 23.3. The molecule has 0 aliphatic carbocycles. The van der Waals surface area contributed by atoms with Crippen LogP contribution in [0.25, 0.3) is 0 Å². The van der Waals surface area contributed by atoms with Crippen molar-refractivity contribution in [3.63, 3.8) is 0 Å². The molecule has 1 aliphatic heterocycles. The van der Waals surface area contributed by atoms with Gasteiger partial charge in [-0.25, -0.2) is 4.98 Å². The third-order valence-electron chi connectivity index (χ3n) is 5.08. The smallest absolute Gasteiger partial charge is 0.254 e. The van der Waals surface area contributed by atoms with Crippen LogP contribution in [0.1, 0.15) is 18.4 Å². The van der Waals surface area contributed by atoms with Crippen LogP contribution in [0.3, 0.4) is 0 Å². The summed E-state index contributed by atoms with van der Waals surface area (Å²) in [5.74, 6) is -0.992. The summed E-state index contributed by atoms with van der Waals surface area (Å²) >= 11 is 2.56. The molecular weight excluding hydrogens is 466 g/mol. The summed E-state index contributed by atoms with van der Waals surface area (Å²) in [4.78, 5) is 29.8. The average molecular weight is 488 g/mol. The molecule has 34 heavy (non-hydrogen) atoms. The van der Waals surface area contributed by atoms with Gasteiger partial charge in [0.15, 0.2) is 5.13 Å². The van der Waals surface area contributed by atoms with Gasteiger partial charge in [-0.3, -0.25) is 9.59 Å². The molecule has 2 amide bonds. The number of rotatable bonds is 7. The first-order valence-electron chi connectivity index (χ1n) is 10.4. The van der Waals surface area contributed by atoms with Gasteiger partial charge in [0.25, 0.3) is 5.91 Å². The van der Waals surface area contributed by atoms with Crippen molar-refractivity contribution in [2.45, 2.75) is 12.8 Å². The molecule has 3 aromatic rings. The molecule has 0 spiro atoms. The van der Waals surface area contributed by atoms with Crippen molar-refractivity contribution in [3.05, 3.63) is 99.7 Å². The Morgan fingerprint density at radius 2 is 1.82 bits per heavy atom. The molecule has 0 unspecified atom stereocenters. The summed E-state index contributed by atoms with van der Waals surface area (Å²) in [7, 11) is 0. The number of thioether (sulfide) groups is 1. The van der Waals surface area contributed by atoms with Gasteiger partial charge in [0.05, 0.1) is 28.3 Å². The lowest BCUT2D eigenvalue weighted by atomic mass is 9.82. The van der Waals surface area contributed by atoms with Crippen molar-refractivity contribution in [1.82, 2.24) is 10.3 Å². The SMILES string of the molecule is CC1=C(C(=O)Nc2ccccc2)[C@H](c2ccccc2)C(C#N)=C(SCC(=O)Nc2nccs2)N1. The largest absolute Gasteiger partial charge is 0.353 e. The molecule has 9 heteroatoms. The van der Waals surface area contributed by atoms with Gasteiger partial charge in [-0.2, -0.15) is 5.26 Å². The van der Waals surface area contributed by atoms with E-state index in [1.807, 2.05) is 60.7 Å². The monoisotopic (exact) mass is 487 g/mol. The van der Waals surface area contributed by atoms with E-state index in [4.69, 9.17) is 0 Å². The maximum atomic E-state index is 13.4. The molecule has 0 bridgehead atoms. The zero-order valence-electron chi connectivity index (χ0n) is 18.2. The van der Waals surface area contributed by atoms with Crippen LogP contribution in [-0.2, 0) is 9.59 Å². The highest BCUT2D eigenvalue weighted by Gasteiger charge is 2.34. The minimum absolute atomic E-state index is 0.0907. The van der Waals surface area contributed by atoms with Gasteiger partial charge in [-0.15, -0.1) is 11.3 Å². The zero-order valence-corrected chi connectivity index (χ0v) is 19.9. The molecule has 1 aromatic heterocycles. The molecule has 0 saturated carbocycles. The molecule has 4 rings (SSSR count). The van der Waals surface area contributed by atoms with Crippen molar-refractivity contribution >= 4 is 45.7 Å². The number of aromatic nitrogens is 1. The van der Waals surface area contributed by atoms with Gasteiger partial charge in [0.2, 0.25) is 5.91 Å². The van der Waals surface area contributed by atoms with Crippen molar-refractivity contribution in [1.29, 1.82) is 5.26 Å². The number of benzene rings is 2. The number of nitrogens with one attached hydrogen (secondary N) is 3. The number of dihydropyridines is 1. The van der Waals surface area contributed by atoms with Crippen LogP contribution in [-0.4, -0.2) is 22.6 Å². The van der Waals surface area contributed by atoms with Crippen molar-refractivity contribution < 1.29 is 9.59 Å². The highest BCUT2D eigenvalue weighted by molar-refractivity contribution is 8.03. The summed E-state index contributed by atoms with van der Waals surface area (Å²) < 4.78 is 0. The number of nitriles is 1. The number of nitrogens with zero attached hydrogens (tertiary/aromatic N) is 2. The number of carbonyl (C=O) groups excluding carboxylic acids is 2. The van der Waals surface area contributed by atoms with Crippen molar-refractivity contribution in [2.75, 3.05) is 16.4 Å². The topological polar surface area (TPSA) is 107 Å². The summed E-state index contributed by atoms with van der Waals surface area (Å²) in [6.07, 6.45) is 1.62. The van der Waals surface area contributed by atoms with E-state index in [0.717, 1.165) is 5.56 Å². The van der Waals surface area contributed by atoms with Crippen LogP contribution < -0.4 is 16.0 Å². The summed E-state index contributed by atoms with van der Waals surface area (Å²) in [6.45, 7) is 1.81. The second-order valence-electron chi connectivity index (χ2n) is 7.36. The first-order chi connectivity index (χ1) is 16.6. The number of hydrogen-bond donors (Lipinski definition) is 3. The fourth-order valence-corrected chi connectivity index (χ4v) is 5.04. The van der Waals surface area contributed by atoms with Gasteiger partial charge >= 0.3 is 0 Å². The average Bonchev–Trinajstić information content (AvgIpc) is 3.36. The molecule has 170 valence electrons. The van der Waals surface area contributed by atoms with Crippen molar-refractivity contribution in [2.24, 2.45) is 0 Å². The van der Waals surface area contributed by atoms with E-state index in [-0.39, 0.29) is 17.6 Å². The van der Waals surface area contributed by atoms with Crippen LogP contribution in [0.15, 0.2) is 94.1 Å². The van der Waals surface area contributed by atoms with E-state index >= 15 is 0 Å². The van der Waals surface area contributed by atoms with Gasteiger partial charge < -0.3 is 16.0 Å². The molecule has 2 aromatic carbocycles. The predicted octanol–water partition coefficient (Wildman–Crippen LogP) is 4.85. The van der Waals surface area contributed by atoms with Gasteiger partial charge in [-0.1, -0.05) is 60.3 Å². The molecular formula is C25H21N5O2S2. The molecule has 1 atom stereocenters. The van der Waals surface area contributed by atoms with E-state index in [1.165, 1.54) is 23.1 Å². The molecule has 0 fully saturated rings. The lowest BCUT2D eigenvalue weighted by Crippen LogP contribution is -2.31. The number of amides is 2. The highest BCUT2D eigenvalue weighted by Crippen LogP contribution is 2.40. The number of anilines is 2. The van der Waals surface area contributed by atoms with E-state index < -0.39 is 5.92 Å². The fraction of sp³-hybridized carbons (Fsp3) is 0.120. The predicted molar refractivity (Wildman–Crippen MR) is 136 cm³/mol. The molecule has 7 nitrogen and oxygen atoms in total. The van der Waals surface area contributed by atoms with Gasteiger partial charge in [-0.05, 0) is 24.6 Å². The first-order valence-corrected chi connectivity index (χ1v) is 12.3. The summed E-state index contributed by atoms with van der Waals surface area (Å²) in [6, 6.07) is 20.9. The quantitative estimate of drug-likeness (QED) is 0.440. The minimum atomic E-state index is -0.569. The highest BCUT2D eigenvalue weighted by atomic mass is 32.2. The van der Waals surface area contributed by atoms with Crippen LogP contribution >= 0.6 is 23.1 Å². The Morgan fingerprint density at radius 1 is 1.12 bits per heavy atom. The standard InChI is InChI=1S/C25H21N5O2S2/c1-16-21(23(32)29-18-10-6-3-7-11-18)22(17-8-4-2-5-9-17)19(14-26)24(28-16)34-15-20(31)30-25-27-12-13-33-25/h2-13,22,28H,15H2,1H3,(H,29,32)(H,27,30,31)/t22-/m1/s1. The summed E-state index contributed by atoms with van der Waals surface area (Å²) in [5.41, 5.74) is 2.97. The lowest BCUT2D eigenvalue weighted by molar-refractivity contribution is -0.114. The van der Waals surface area contributed by atoms with Crippen LogP contribution in [0, 0.1) is 11.3 Å². The third-order valence-corrected chi connectivity index (χ3v) is 6.79. The fourth-order valence-electron chi connectivity index (χ4n) is 3.60. The molecule has 0 saturated heterocycles. The third kappa shape index (κ3) is 5.36. The Bertz CT molecular complexity index is 1280. The Morgan fingerprint density at radius 3 is 2.47 bits per heavy atom. The van der Waals surface area contributed by atoms with E-state index in [1.54, 1.807) is 18.5 Å². The van der Waals surface area contributed by atoms with E-state index in [9.17, 15) is 14.9 Å². The zero-order chi connectivity index (χ0) is 23.9. The minimum Gasteiger partial charge on any atom is -0.353 e. The van der Waals surface area contributed by atoms with Crippen LogP contribution in [0.4, 0.5) is 10.8 Å². The van der Waals surface area contributed by atoms with E-state index in [0.29, 0.717) is 32.7 Å². The maximum absolute atomic E-state index is 13.4. The Balaban J connectivity index is 1.63. The van der Waals surface area contributed by atoms with Crippen LogP contribution in [0.5, 0.6) is 0 Å². The number of allylic oxidation sites excluding steroid dienone is 2. The number of hydrogen-bond acceptors (Lipinski definition) is 7. The molecule has 0 radical (unpaired) electrons. The molecule has 3 N–H and O–H groups in total.